The quantitative estimate of drug-likeness (QED) is 0.867. The van der Waals surface area contributed by atoms with E-state index < -0.39 is 5.54 Å². The molecular weight excluding hydrogens is 270 g/mol. The molecule has 0 bridgehead atoms. The number of hydrogen-bond donors (Lipinski definition) is 1. The van der Waals surface area contributed by atoms with Crippen LogP contribution in [0.5, 0.6) is 0 Å². The molecule has 0 atom stereocenters. The van der Waals surface area contributed by atoms with Gasteiger partial charge in [0.15, 0.2) is 5.76 Å². The van der Waals surface area contributed by atoms with Crippen LogP contribution in [0.2, 0.25) is 0 Å². The summed E-state index contributed by atoms with van der Waals surface area (Å²) >= 11 is 0. The smallest absolute Gasteiger partial charge is 0.325 e. The lowest BCUT2D eigenvalue weighted by molar-refractivity contribution is -0.133. The Morgan fingerprint density at radius 3 is 2.71 bits per heavy atom. The first kappa shape index (κ1) is 14.1. The molecule has 114 valence electrons. The Kier molecular flexibility index (Phi) is 3.47. The lowest BCUT2D eigenvalue weighted by Gasteiger charge is -2.34. The Balaban J connectivity index is 1.73. The van der Waals surface area contributed by atoms with Crippen molar-refractivity contribution in [3.8, 4) is 0 Å². The molecule has 1 aromatic heterocycles. The van der Waals surface area contributed by atoms with E-state index in [0.29, 0.717) is 11.7 Å². The average Bonchev–Trinajstić information content (AvgIpc) is 2.98. The van der Waals surface area contributed by atoms with E-state index in [1.54, 1.807) is 6.07 Å². The van der Waals surface area contributed by atoms with E-state index in [1.165, 1.54) is 4.90 Å². The van der Waals surface area contributed by atoms with Crippen molar-refractivity contribution in [3.05, 3.63) is 17.5 Å². The SMILES string of the molecule is CCC1CCC2(CC1)NC(=O)N(Cc1cc(C)no1)C2=O. The highest BCUT2D eigenvalue weighted by atomic mass is 16.5. The molecular formula is C15H21N3O3. The molecule has 1 aromatic rings. The van der Waals surface area contributed by atoms with Crippen LogP contribution < -0.4 is 5.32 Å². The van der Waals surface area contributed by atoms with Gasteiger partial charge in [-0.2, -0.15) is 0 Å². The van der Waals surface area contributed by atoms with E-state index in [1.807, 2.05) is 6.92 Å². The summed E-state index contributed by atoms with van der Waals surface area (Å²) in [6, 6.07) is 1.43. The maximum absolute atomic E-state index is 12.7. The lowest BCUT2D eigenvalue weighted by atomic mass is 9.75. The number of rotatable bonds is 3. The summed E-state index contributed by atoms with van der Waals surface area (Å²) in [5.41, 5.74) is 0.0629. The van der Waals surface area contributed by atoms with Crippen LogP contribution in [0.15, 0.2) is 10.6 Å². The van der Waals surface area contributed by atoms with Crippen molar-refractivity contribution in [3.63, 3.8) is 0 Å². The summed E-state index contributed by atoms with van der Waals surface area (Å²) in [6.45, 7) is 4.15. The molecule has 6 nitrogen and oxygen atoms in total. The van der Waals surface area contributed by atoms with Crippen LogP contribution in [0.1, 0.15) is 50.5 Å². The van der Waals surface area contributed by atoms with Gasteiger partial charge in [-0.1, -0.05) is 18.5 Å². The Labute approximate surface area is 123 Å². The highest BCUT2D eigenvalue weighted by molar-refractivity contribution is 6.07. The number of carbonyl (C=O) groups is 2. The Hall–Kier alpha value is -1.85. The van der Waals surface area contributed by atoms with Crippen LogP contribution >= 0.6 is 0 Å². The zero-order valence-electron chi connectivity index (χ0n) is 12.5. The summed E-state index contributed by atoms with van der Waals surface area (Å²) in [6.07, 6.45) is 4.61. The molecule has 1 saturated heterocycles. The zero-order chi connectivity index (χ0) is 15.0. The molecule has 0 radical (unpaired) electrons. The van der Waals surface area contributed by atoms with Gasteiger partial charge < -0.3 is 9.84 Å². The van der Waals surface area contributed by atoms with Crippen LogP contribution in [0.3, 0.4) is 0 Å². The molecule has 2 fully saturated rings. The van der Waals surface area contributed by atoms with Gasteiger partial charge in [-0.3, -0.25) is 9.69 Å². The molecule has 0 aromatic carbocycles. The van der Waals surface area contributed by atoms with Gasteiger partial charge in [0, 0.05) is 6.07 Å². The second kappa shape index (κ2) is 5.16. The number of imide groups is 1. The Morgan fingerprint density at radius 1 is 1.43 bits per heavy atom. The molecule has 1 N–H and O–H groups in total. The zero-order valence-corrected chi connectivity index (χ0v) is 12.5. The Morgan fingerprint density at radius 2 is 2.14 bits per heavy atom. The van der Waals surface area contributed by atoms with Gasteiger partial charge in [0.2, 0.25) is 0 Å². The summed E-state index contributed by atoms with van der Waals surface area (Å²) in [7, 11) is 0. The van der Waals surface area contributed by atoms with Gasteiger partial charge in [-0.25, -0.2) is 4.79 Å². The Bertz CT molecular complexity index is 558. The van der Waals surface area contributed by atoms with Crippen LogP contribution in [0.4, 0.5) is 4.79 Å². The van der Waals surface area contributed by atoms with Crippen molar-refractivity contribution in [1.29, 1.82) is 0 Å². The lowest BCUT2D eigenvalue weighted by Crippen LogP contribution is -2.49. The van der Waals surface area contributed by atoms with Gasteiger partial charge in [0.05, 0.1) is 12.2 Å². The highest BCUT2D eigenvalue weighted by Crippen LogP contribution is 2.37. The number of amides is 3. The first-order valence-electron chi connectivity index (χ1n) is 7.60. The predicted molar refractivity (Wildman–Crippen MR) is 75.3 cm³/mol. The van der Waals surface area contributed by atoms with E-state index in [2.05, 4.69) is 17.4 Å². The van der Waals surface area contributed by atoms with Gasteiger partial charge in [0.1, 0.15) is 5.54 Å². The van der Waals surface area contributed by atoms with Crippen LogP contribution in [-0.4, -0.2) is 27.5 Å². The average molecular weight is 291 g/mol. The van der Waals surface area contributed by atoms with Crippen molar-refractivity contribution in [1.82, 2.24) is 15.4 Å². The molecule has 2 heterocycles. The van der Waals surface area contributed by atoms with Crippen molar-refractivity contribution in [2.24, 2.45) is 5.92 Å². The minimum atomic E-state index is -0.683. The summed E-state index contributed by atoms with van der Waals surface area (Å²) in [5, 5.41) is 6.71. The number of hydrogen-bond acceptors (Lipinski definition) is 4. The largest absolute Gasteiger partial charge is 0.359 e. The van der Waals surface area contributed by atoms with Gasteiger partial charge in [-0.15, -0.1) is 0 Å². The molecule has 1 saturated carbocycles. The second-order valence-electron chi connectivity index (χ2n) is 6.19. The fraction of sp³-hybridized carbons (Fsp3) is 0.667. The first-order chi connectivity index (χ1) is 10.0. The normalized spacial score (nSPS) is 29.2. The number of aromatic nitrogens is 1. The molecule has 1 aliphatic heterocycles. The highest BCUT2D eigenvalue weighted by Gasteiger charge is 2.52. The maximum Gasteiger partial charge on any atom is 0.325 e. The fourth-order valence-corrected chi connectivity index (χ4v) is 3.38. The topological polar surface area (TPSA) is 75.4 Å². The third-order valence-electron chi connectivity index (χ3n) is 4.77. The van der Waals surface area contributed by atoms with Crippen LogP contribution in [-0.2, 0) is 11.3 Å². The van der Waals surface area contributed by atoms with E-state index in [-0.39, 0.29) is 18.5 Å². The number of nitrogens with zero attached hydrogens (tertiary/aromatic N) is 2. The van der Waals surface area contributed by atoms with E-state index >= 15 is 0 Å². The monoisotopic (exact) mass is 291 g/mol. The van der Waals surface area contributed by atoms with Crippen molar-refractivity contribution in [2.75, 3.05) is 0 Å². The summed E-state index contributed by atoms with van der Waals surface area (Å²) < 4.78 is 5.11. The molecule has 6 heteroatoms. The van der Waals surface area contributed by atoms with Crippen LogP contribution in [0.25, 0.3) is 0 Å². The minimum Gasteiger partial charge on any atom is -0.359 e. The molecule has 3 rings (SSSR count). The maximum atomic E-state index is 12.7. The van der Waals surface area contributed by atoms with E-state index in [0.717, 1.165) is 37.8 Å². The number of carbonyl (C=O) groups excluding carboxylic acids is 2. The van der Waals surface area contributed by atoms with Crippen molar-refractivity contribution < 1.29 is 14.1 Å². The van der Waals surface area contributed by atoms with Gasteiger partial charge in [0.25, 0.3) is 5.91 Å². The minimum absolute atomic E-state index is 0.115. The van der Waals surface area contributed by atoms with Gasteiger partial charge >= 0.3 is 6.03 Å². The number of nitrogens with one attached hydrogen (secondary N) is 1. The van der Waals surface area contributed by atoms with E-state index in [9.17, 15) is 9.59 Å². The van der Waals surface area contributed by atoms with E-state index in [4.69, 9.17) is 4.52 Å². The molecule has 1 spiro atoms. The molecule has 21 heavy (non-hydrogen) atoms. The molecule has 1 aliphatic carbocycles. The molecule has 3 amide bonds. The molecule has 0 unspecified atom stereocenters. The van der Waals surface area contributed by atoms with Crippen molar-refractivity contribution in [2.45, 2.75) is 58.0 Å². The molecule has 2 aliphatic rings. The third kappa shape index (κ3) is 2.43. The first-order valence-corrected chi connectivity index (χ1v) is 7.60. The van der Waals surface area contributed by atoms with Crippen molar-refractivity contribution >= 4 is 11.9 Å². The predicted octanol–water partition coefficient (Wildman–Crippen LogP) is 2.37. The number of aryl methyl sites for hydroxylation is 1. The van der Waals surface area contributed by atoms with Gasteiger partial charge in [-0.05, 0) is 38.5 Å². The van der Waals surface area contributed by atoms with Crippen LogP contribution in [0, 0.1) is 12.8 Å². The summed E-state index contributed by atoms with van der Waals surface area (Å²) in [5.74, 6) is 1.10. The second-order valence-corrected chi connectivity index (χ2v) is 6.19. The number of urea groups is 1. The third-order valence-corrected chi connectivity index (χ3v) is 4.77. The summed E-state index contributed by atoms with van der Waals surface area (Å²) in [4.78, 5) is 26.1. The fourth-order valence-electron chi connectivity index (χ4n) is 3.38. The standard InChI is InChI=1S/C15H21N3O3/c1-3-11-4-6-15(7-5-11)13(19)18(14(20)16-15)9-12-8-10(2)17-21-12/h8,11H,3-7,9H2,1-2H3,(H,16,20).